The van der Waals surface area contributed by atoms with Gasteiger partial charge < -0.3 is 10.0 Å². The maximum atomic E-state index is 13.4. The Balaban J connectivity index is 2.03. The summed E-state index contributed by atoms with van der Waals surface area (Å²) in [6.45, 7) is 0.428. The molecule has 5 heteroatoms. The Morgan fingerprint density at radius 1 is 1.53 bits per heavy atom. The third kappa shape index (κ3) is 2.54. The maximum Gasteiger partial charge on any atom is 0.306 e. The van der Waals surface area contributed by atoms with Gasteiger partial charge in [0.1, 0.15) is 11.6 Å². The van der Waals surface area contributed by atoms with Gasteiger partial charge in [-0.15, -0.1) is 0 Å². The molecule has 17 heavy (non-hydrogen) atoms. The lowest BCUT2D eigenvalue weighted by Gasteiger charge is -2.19. The molecule has 1 aromatic rings. The lowest BCUT2D eigenvalue weighted by Crippen LogP contribution is -2.22. The zero-order chi connectivity index (χ0) is 12.6. The van der Waals surface area contributed by atoms with Gasteiger partial charge in [0, 0.05) is 19.7 Å². The van der Waals surface area contributed by atoms with E-state index in [2.05, 4.69) is 0 Å². The molecular formula is C12H13F2NO2. The molecule has 0 saturated heterocycles. The summed E-state index contributed by atoms with van der Waals surface area (Å²) >= 11 is 0. The van der Waals surface area contributed by atoms with Gasteiger partial charge in [0.15, 0.2) is 0 Å². The summed E-state index contributed by atoms with van der Waals surface area (Å²) in [5.74, 6) is -2.13. The molecule has 1 aromatic carbocycles. The van der Waals surface area contributed by atoms with Crippen molar-refractivity contribution in [1.29, 1.82) is 0 Å². The SMILES string of the molecule is CN(CC1CC1C(=O)O)c1cc(F)ccc1F. The molecule has 1 aliphatic carbocycles. The molecule has 0 radical (unpaired) electrons. The minimum absolute atomic E-state index is 0.0279. The number of carboxylic acid groups (broad SMARTS) is 1. The predicted molar refractivity (Wildman–Crippen MR) is 58.9 cm³/mol. The van der Waals surface area contributed by atoms with Crippen LogP contribution in [0.3, 0.4) is 0 Å². The molecule has 1 saturated carbocycles. The maximum absolute atomic E-state index is 13.4. The van der Waals surface area contributed by atoms with Crippen LogP contribution in [-0.4, -0.2) is 24.7 Å². The van der Waals surface area contributed by atoms with E-state index in [0.29, 0.717) is 13.0 Å². The fourth-order valence-electron chi connectivity index (χ4n) is 1.98. The van der Waals surface area contributed by atoms with E-state index in [4.69, 9.17) is 5.11 Å². The van der Waals surface area contributed by atoms with Crippen LogP contribution in [-0.2, 0) is 4.79 Å². The van der Waals surface area contributed by atoms with Crippen molar-refractivity contribution in [1.82, 2.24) is 0 Å². The van der Waals surface area contributed by atoms with Gasteiger partial charge in [0.2, 0.25) is 0 Å². The summed E-state index contributed by atoms with van der Waals surface area (Å²) in [5.41, 5.74) is 0.168. The Kier molecular flexibility index (Phi) is 3.00. The smallest absolute Gasteiger partial charge is 0.306 e. The minimum Gasteiger partial charge on any atom is -0.481 e. The standard InChI is InChI=1S/C12H13F2NO2/c1-15(6-7-4-9(7)12(16)17)11-5-8(13)2-3-10(11)14/h2-3,5,7,9H,4,6H2,1H3,(H,16,17). The van der Waals surface area contributed by atoms with Gasteiger partial charge in [0.05, 0.1) is 11.6 Å². The van der Waals surface area contributed by atoms with Crippen LogP contribution in [0.1, 0.15) is 6.42 Å². The number of hydrogen-bond acceptors (Lipinski definition) is 2. The lowest BCUT2D eigenvalue weighted by atomic mass is 10.2. The number of aliphatic carboxylic acids is 1. The molecule has 2 unspecified atom stereocenters. The normalized spacial score (nSPS) is 22.3. The third-order valence-corrected chi connectivity index (χ3v) is 3.07. The van der Waals surface area contributed by atoms with Gasteiger partial charge >= 0.3 is 5.97 Å². The molecule has 0 amide bonds. The first-order valence-electron chi connectivity index (χ1n) is 5.38. The van der Waals surface area contributed by atoms with Crippen molar-refractivity contribution >= 4 is 11.7 Å². The molecule has 3 nitrogen and oxygen atoms in total. The van der Waals surface area contributed by atoms with Crippen molar-refractivity contribution < 1.29 is 18.7 Å². The summed E-state index contributed by atoms with van der Waals surface area (Å²) < 4.78 is 26.4. The number of carboxylic acids is 1. The van der Waals surface area contributed by atoms with Crippen LogP contribution in [0.2, 0.25) is 0 Å². The van der Waals surface area contributed by atoms with Crippen molar-refractivity contribution in [2.45, 2.75) is 6.42 Å². The van der Waals surface area contributed by atoms with Crippen LogP contribution in [0.5, 0.6) is 0 Å². The van der Waals surface area contributed by atoms with Crippen LogP contribution < -0.4 is 4.90 Å². The summed E-state index contributed by atoms with van der Waals surface area (Å²) in [5, 5.41) is 8.75. The van der Waals surface area contributed by atoms with Crippen LogP contribution in [0.4, 0.5) is 14.5 Å². The second-order valence-corrected chi connectivity index (χ2v) is 4.42. The molecule has 0 aromatic heterocycles. The molecule has 1 aliphatic rings. The van der Waals surface area contributed by atoms with E-state index < -0.39 is 17.6 Å². The van der Waals surface area contributed by atoms with Crippen LogP contribution in [0, 0.1) is 23.5 Å². The largest absolute Gasteiger partial charge is 0.481 e. The number of halogens is 2. The summed E-state index contributed by atoms with van der Waals surface area (Å²) in [6, 6.07) is 3.25. The van der Waals surface area contributed by atoms with Gasteiger partial charge in [-0.1, -0.05) is 0 Å². The van der Waals surface area contributed by atoms with Crippen molar-refractivity contribution in [3.8, 4) is 0 Å². The van der Waals surface area contributed by atoms with Crippen molar-refractivity contribution in [2.24, 2.45) is 11.8 Å². The molecule has 0 spiro atoms. The first-order valence-corrected chi connectivity index (χ1v) is 5.38. The quantitative estimate of drug-likeness (QED) is 0.877. The molecule has 0 bridgehead atoms. The topological polar surface area (TPSA) is 40.5 Å². The predicted octanol–water partition coefficient (Wildman–Crippen LogP) is 2.12. The Labute approximate surface area is 97.7 Å². The molecule has 0 heterocycles. The van der Waals surface area contributed by atoms with Gasteiger partial charge in [-0.25, -0.2) is 8.78 Å². The van der Waals surface area contributed by atoms with Crippen LogP contribution >= 0.6 is 0 Å². The second-order valence-electron chi connectivity index (χ2n) is 4.42. The molecule has 2 rings (SSSR count). The molecule has 2 atom stereocenters. The average Bonchev–Trinajstić information content (AvgIpc) is 3.01. The summed E-state index contributed by atoms with van der Waals surface area (Å²) in [7, 11) is 1.63. The Hall–Kier alpha value is -1.65. The molecule has 92 valence electrons. The Morgan fingerprint density at radius 2 is 2.24 bits per heavy atom. The van der Waals surface area contributed by atoms with E-state index in [1.165, 1.54) is 0 Å². The fraction of sp³-hybridized carbons (Fsp3) is 0.417. The number of anilines is 1. The number of hydrogen-bond donors (Lipinski definition) is 1. The zero-order valence-electron chi connectivity index (χ0n) is 9.36. The van der Waals surface area contributed by atoms with Crippen molar-refractivity contribution in [3.05, 3.63) is 29.8 Å². The highest BCUT2D eigenvalue weighted by molar-refractivity contribution is 5.73. The third-order valence-electron chi connectivity index (χ3n) is 3.07. The highest BCUT2D eigenvalue weighted by Crippen LogP contribution is 2.39. The first-order chi connectivity index (χ1) is 7.99. The van der Waals surface area contributed by atoms with Gasteiger partial charge in [0.25, 0.3) is 0 Å². The summed E-state index contributed by atoms with van der Waals surface area (Å²) in [4.78, 5) is 12.2. The molecular weight excluding hydrogens is 228 g/mol. The van der Waals surface area contributed by atoms with Gasteiger partial charge in [-0.2, -0.15) is 0 Å². The van der Waals surface area contributed by atoms with Crippen molar-refractivity contribution in [3.63, 3.8) is 0 Å². The molecule has 0 aliphatic heterocycles. The van der Waals surface area contributed by atoms with E-state index in [1.807, 2.05) is 0 Å². The average molecular weight is 241 g/mol. The molecule has 1 N–H and O–H groups in total. The zero-order valence-corrected chi connectivity index (χ0v) is 9.36. The van der Waals surface area contributed by atoms with E-state index in [-0.39, 0.29) is 17.5 Å². The lowest BCUT2D eigenvalue weighted by molar-refractivity contribution is -0.138. The minimum atomic E-state index is -0.817. The Bertz CT molecular complexity index is 450. The highest BCUT2D eigenvalue weighted by atomic mass is 19.1. The van der Waals surface area contributed by atoms with Gasteiger partial charge in [-0.05, 0) is 24.5 Å². The monoisotopic (exact) mass is 241 g/mol. The molecule has 1 fully saturated rings. The van der Waals surface area contributed by atoms with Crippen molar-refractivity contribution in [2.75, 3.05) is 18.5 Å². The number of benzene rings is 1. The number of carbonyl (C=O) groups is 1. The van der Waals surface area contributed by atoms with E-state index >= 15 is 0 Å². The van der Waals surface area contributed by atoms with E-state index in [0.717, 1.165) is 18.2 Å². The number of nitrogens with zero attached hydrogens (tertiary/aromatic N) is 1. The second kappa shape index (κ2) is 4.31. The fourth-order valence-corrected chi connectivity index (χ4v) is 1.98. The van der Waals surface area contributed by atoms with Crippen LogP contribution in [0.25, 0.3) is 0 Å². The van der Waals surface area contributed by atoms with Gasteiger partial charge in [-0.3, -0.25) is 4.79 Å². The first kappa shape index (κ1) is 11.8. The van der Waals surface area contributed by atoms with Crippen LogP contribution in [0.15, 0.2) is 18.2 Å². The summed E-state index contributed by atoms with van der Waals surface area (Å²) in [6.07, 6.45) is 0.608. The highest BCUT2D eigenvalue weighted by Gasteiger charge is 2.43. The van der Waals surface area contributed by atoms with E-state index in [9.17, 15) is 13.6 Å². The Morgan fingerprint density at radius 3 is 2.82 bits per heavy atom. The van der Waals surface area contributed by atoms with E-state index in [1.54, 1.807) is 11.9 Å². The number of rotatable bonds is 4.